The number of nitrogens with one attached hydrogen (secondary N) is 1. The third kappa shape index (κ3) is 2.86. The lowest BCUT2D eigenvalue weighted by molar-refractivity contribution is 0.0784. The highest BCUT2D eigenvalue weighted by atomic mass is 16.5. The lowest BCUT2D eigenvalue weighted by Gasteiger charge is -2.14. The summed E-state index contributed by atoms with van der Waals surface area (Å²) in [4.78, 5) is 18.6. The van der Waals surface area contributed by atoms with E-state index in [4.69, 9.17) is 9.26 Å². The van der Waals surface area contributed by atoms with E-state index in [1.165, 1.54) is 6.39 Å². The van der Waals surface area contributed by atoms with E-state index in [1.54, 1.807) is 18.1 Å². The van der Waals surface area contributed by atoms with E-state index in [9.17, 15) is 4.79 Å². The Hall–Kier alpha value is -3.16. The molecule has 1 saturated heterocycles. The van der Waals surface area contributed by atoms with Gasteiger partial charge in [0, 0.05) is 24.6 Å². The number of hydrogen-bond donors (Lipinski definition) is 1. The molecule has 8 nitrogen and oxygen atoms in total. The molecule has 0 aliphatic carbocycles. The second-order valence-corrected chi connectivity index (χ2v) is 5.89. The highest BCUT2D eigenvalue weighted by Gasteiger charge is 2.31. The molecule has 0 unspecified atom stereocenters. The Bertz CT molecular complexity index is 874. The van der Waals surface area contributed by atoms with E-state index in [1.807, 2.05) is 24.3 Å². The molecule has 3 heterocycles. The second-order valence-electron chi connectivity index (χ2n) is 5.89. The lowest BCUT2D eigenvalue weighted by Crippen LogP contribution is -2.28. The Balaban J connectivity index is 1.51. The van der Waals surface area contributed by atoms with Crippen LogP contribution in [0.5, 0.6) is 5.75 Å². The molecule has 1 fully saturated rings. The van der Waals surface area contributed by atoms with Gasteiger partial charge in [0.2, 0.25) is 6.39 Å². The minimum absolute atomic E-state index is 0.0837. The first kappa shape index (κ1) is 15.4. The van der Waals surface area contributed by atoms with Gasteiger partial charge in [-0.3, -0.25) is 9.89 Å². The molecule has 3 aromatic rings. The number of ether oxygens (including phenoxy) is 1. The van der Waals surface area contributed by atoms with Crippen molar-refractivity contribution in [2.75, 3.05) is 20.2 Å². The number of hydrogen-bond acceptors (Lipinski definition) is 6. The maximum Gasteiger partial charge on any atom is 0.271 e. The highest BCUT2D eigenvalue weighted by Crippen LogP contribution is 2.29. The molecule has 1 N–H and O–H groups in total. The smallest absolute Gasteiger partial charge is 0.271 e. The van der Waals surface area contributed by atoms with Crippen LogP contribution >= 0.6 is 0 Å². The van der Waals surface area contributed by atoms with Crippen LogP contribution < -0.4 is 4.74 Å². The minimum atomic E-state index is -0.0837. The number of H-pyrrole nitrogens is 1. The van der Waals surface area contributed by atoms with Crippen LogP contribution in [-0.2, 0) is 0 Å². The van der Waals surface area contributed by atoms with Crippen LogP contribution in [0.1, 0.15) is 28.7 Å². The summed E-state index contributed by atoms with van der Waals surface area (Å²) in [5.41, 5.74) is 1.97. The minimum Gasteiger partial charge on any atom is -0.496 e. The Morgan fingerprint density at radius 1 is 1.40 bits per heavy atom. The van der Waals surface area contributed by atoms with Crippen molar-refractivity contribution in [3.8, 4) is 17.0 Å². The van der Waals surface area contributed by atoms with Crippen LogP contribution in [0, 0.1) is 0 Å². The van der Waals surface area contributed by atoms with Crippen LogP contribution in [0.4, 0.5) is 0 Å². The summed E-state index contributed by atoms with van der Waals surface area (Å²) in [5, 5.41) is 11.0. The molecule has 8 heteroatoms. The average Bonchev–Trinajstić information content (AvgIpc) is 3.41. The first-order valence-corrected chi connectivity index (χ1v) is 8.00. The fraction of sp³-hybridized carbons (Fsp3) is 0.294. The molecule has 1 aliphatic rings. The summed E-state index contributed by atoms with van der Waals surface area (Å²) in [6.45, 7) is 1.22. The van der Waals surface area contributed by atoms with E-state index >= 15 is 0 Å². The quantitative estimate of drug-likeness (QED) is 0.782. The Labute approximate surface area is 143 Å². The Kier molecular flexibility index (Phi) is 3.93. The molecule has 1 aliphatic heterocycles. The maximum absolute atomic E-state index is 12.7. The Morgan fingerprint density at radius 3 is 3.08 bits per heavy atom. The topological polar surface area (TPSA) is 97.1 Å². The molecule has 0 bridgehead atoms. The van der Waals surface area contributed by atoms with Crippen LogP contribution in [-0.4, -0.2) is 51.3 Å². The van der Waals surface area contributed by atoms with E-state index in [-0.39, 0.29) is 11.8 Å². The van der Waals surface area contributed by atoms with Gasteiger partial charge in [0.25, 0.3) is 5.91 Å². The number of benzene rings is 1. The number of likely N-dealkylation sites (tertiary alicyclic amines) is 1. The summed E-state index contributed by atoms with van der Waals surface area (Å²) < 4.78 is 10.1. The van der Waals surface area contributed by atoms with E-state index < -0.39 is 0 Å². The average molecular weight is 339 g/mol. The van der Waals surface area contributed by atoms with Crippen molar-refractivity contribution in [2.45, 2.75) is 12.3 Å². The van der Waals surface area contributed by atoms with Crippen molar-refractivity contribution in [1.29, 1.82) is 0 Å². The van der Waals surface area contributed by atoms with Crippen molar-refractivity contribution in [1.82, 2.24) is 25.2 Å². The van der Waals surface area contributed by atoms with Gasteiger partial charge >= 0.3 is 0 Å². The maximum atomic E-state index is 12.7. The summed E-state index contributed by atoms with van der Waals surface area (Å²) >= 11 is 0. The van der Waals surface area contributed by atoms with Gasteiger partial charge in [0.15, 0.2) is 5.82 Å². The summed E-state index contributed by atoms with van der Waals surface area (Å²) in [6.07, 6.45) is 2.13. The number of rotatable bonds is 4. The molecule has 128 valence electrons. The number of carbonyl (C=O) groups is 1. The third-order valence-electron chi connectivity index (χ3n) is 4.41. The SMILES string of the molecule is COc1ccccc1-c1cc(C(=O)N2CC[C@@H](c3ncon3)C2)[nH]n1. The van der Waals surface area contributed by atoms with Gasteiger partial charge < -0.3 is 14.2 Å². The first-order chi connectivity index (χ1) is 12.3. The van der Waals surface area contributed by atoms with Crippen molar-refractivity contribution in [3.05, 3.63) is 48.2 Å². The molecule has 4 rings (SSSR count). The standard InChI is InChI=1S/C17H17N5O3/c1-24-15-5-3-2-4-12(15)13-8-14(20-19-13)17(23)22-7-6-11(9-22)16-18-10-25-21-16/h2-5,8,10-11H,6-7,9H2,1H3,(H,19,20)/t11-/m1/s1. The van der Waals surface area contributed by atoms with Gasteiger partial charge in [-0.05, 0) is 24.6 Å². The highest BCUT2D eigenvalue weighted by molar-refractivity contribution is 5.93. The van der Waals surface area contributed by atoms with Crippen LogP contribution in [0.2, 0.25) is 0 Å². The Morgan fingerprint density at radius 2 is 2.28 bits per heavy atom. The van der Waals surface area contributed by atoms with E-state index in [0.717, 1.165) is 12.0 Å². The predicted octanol–water partition coefficient (Wildman–Crippen LogP) is 2.10. The number of aromatic nitrogens is 4. The van der Waals surface area contributed by atoms with E-state index in [2.05, 4.69) is 20.3 Å². The van der Waals surface area contributed by atoms with Crippen LogP contribution in [0.15, 0.2) is 41.2 Å². The molecule has 25 heavy (non-hydrogen) atoms. The normalized spacial score (nSPS) is 17.0. The predicted molar refractivity (Wildman–Crippen MR) is 88.1 cm³/mol. The van der Waals surface area contributed by atoms with Crippen molar-refractivity contribution in [3.63, 3.8) is 0 Å². The third-order valence-corrected chi connectivity index (χ3v) is 4.41. The first-order valence-electron chi connectivity index (χ1n) is 8.00. The van der Waals surface area contributed by atoms with Crippen LogP contribution in [0.25, 0.3) is 11.3 Å². The second kappa shape index (κ2) is 6.39. The van der Waals surface area contributed by atoms with Gasteiger partial charge in [0.05, 0.1) is 12.8 Å². The zero-order valence-corrected chi connectivity index (χ0v) is 13.7. The number of para-hydroxylation sites is 1. The number of methoxy groups -OCH3 is 1. The zero-order chi connectivity index (χ0) is 17.2. The van der Waals surface area contributed by atoms with E-state index in [0.29, 0.717) is 36.1 Å². The number of nitrogens with zero attached hydrogens (tertiary/aromatic N) is 4. The molecule has 0 spiro atoms. The summed E-state index contributed by atoms with van der Waals surface area (Å²) in [5.74, 6) is 1.39. The fourth-order valence-electron chi connectivity index (χ4n) is 3.11. The molecule has 0 radical (unpaired) electrons. The fourth-order valence-corrected chi connectivity index (χ4v) is 3.11. The largest absolute Gasteiger partial charge is 0.496 e. The summed E-state index contributed by atoms with van der Waals surface area (Å²) in [6, 6.07) is 9.32. The molecule has 1 atom stereocenters. The molecule has 2 aromatic heterocycles. The lowest BCUT2D eigenvalue weighted by atomic mass is 10.1. The monoisotopic (exact) mass is 339 g/mol. The van der Waals surface area contributed by atoms with Gasteiger partial charge in [-0.25, -0.2) is 0 Å². The van der Waals surface area contributed by atoms with Crippen molar-refractivity contribution < 1.29 is 14.1 Å². The van der Waals surface area contributed by atoms with Gasteiger partial charge in [-0.15, -0.1) is 0 Å². The van der Waals surface area contributed by atoms with Crippen molar-refractivity contribution in [2.24, 2.45) is 0 Å². The van der Waals surface area contributed by atoms with Gasteiger partial charge in [0.1, 0.15) is 11.4 Å². The molecular formula is C17H17N5O3. The summed E-state index contributed by atoms with van der Waals surface area (Å²) in [7, 11) is 1.61. The molecule has 1 amide bonds. The van der Waals surface area contributed by atoms with Crippen LogP contribution in [0.3, 0.4) is 0 Å². The number of carbonyl (C=O) groups excluding carboxylic acids is 1. The molecule has 0 saturated carbocycles. The van der Waals surface area contributed by atoms with Gasteiger partial charge in [-0.2, -0.15) is 10.1 Å². The number of aromatic amines is 1. The number of amides is 1. The van der Waals surface area contributed by atoms with Crippen molar-refractivity contribution >= 4 is 5.91 Å². The molecular weight excluding hydrogens is 322 g/mol. The van der Waals surface area contributed by atoms with Gasteiger partial charge in [-0.1, -0.05) is 17.3 Å². The zero-order valence-electron chi connectivity index (χ0n) is 13.7. The molecule has 1 aromatic carbocycles.